The Hall–Kier alpha value is -2.39. The molecule has 8 nitrogen and oxygen atoms in total. The van der Waals surface area contributed by atoms with Crippen LogP contribution >= 0.6 is 0 Å². The molecule has 2 aliphatic rings. The van der Waals surface area contributed by atoms with Gasteiger partial charge in [0, 0.05) is 18.7 Å². The molecular weight excluding hydrogens is 428 g/mol. The van der Waals surface area contributed by atoms with Gasteiger partial charge in [0.05, 0.1) is 36.8 Å². The summed E-state index contributed by atoms with van der Waals surface area (Å²) in [5, 5.41) is 3.01. The van der Waals surface area contributed by atoms with Gasteiger partial charge in [0.1, 0.15) is 0 Å². The summed E-state index contributed by atoms with van der Waals surface area (Å²) in [5.74, 6) is -0.115. The monoisotopic (exact) mass is 460 g/mol. The van der Waals surface area contributed by atoms with Crippen molar-refractivity contribution in [3.63, 3.8) is 0 Å². The Morgan fingerprint density at radius 3 is 2.62 bits per heavy atom. The van der Waals surface area contributed by atoms with Crippen LogP contribution in [0.3, 0.4) is 0 Å². The molecule has 2 fully saturated rings. The first-order valence-electron chi connectivity index (χ1n) is 11.3. The zero-order chi connectivity index (χ0) is 22.7. The van der Waals surface area contributed by atoms with E-state index in [1.54, 1.807) is 27.8 Å². The third-order valence-electron chi connectivity index (χ3n) is 5.78. The standard InChI is InChI=1S/C23H32N4O4S/c1-17(2)25-22(28)26(19-10-11-19)14-20-13-24-23(27(20)15-21-9-6-12-31-21)32(29,30)16-18-7-4-3-5-8-18/h3-5,7-8,13,17,19,21H,6,9-12,14-16H2,1-2H3,(H,25,28). The van der Waals surface area contributed by atoms with Gasteiger partial charge in [-0.05, 0) is 45.1 Å². The topological polar surface area (TPSA) is 93.5 Å². The Balaban J connectivity index is 1.63. The summed E-state index contributed by atoms with van der Waals surface area (Å²) < 4.78 is 34.2. The fourth-order valence-corrected chi connectivity index (χ4v) is 5.57. The normalized spacial score (nSPS) is 18.8. The molecule has 1 aromatic heterocycles. The largest absolute Gasteiger partial charge is 0.376 e. The van der Waals surface area contributed by atoms with Crippen LogP contribution in [0.1, 0.15) is 50.8 Å². The van der Waals surface area contributed by atoms with Crippen molar-refractivity contribution in [2.45, 2.75) is 81.7 Å². The minimum Gasteiger partial charge on any atom is -0.376 e. The first-order chi connectivity index (χ1) is 15.3. The van der Waals surface area contributed by atoms with E-state index in [4.69, 9.17) is 4.74 Å². The van der Waals surface area contributed by atoms with E-state index in [1.165, 1.54) is 0 Å². The van der Waals surface area contributed by atoms with Crippen molar-refractivity contribution in [3.05, 3.63) is 47.8 Å². The van der Waals surface area contributed by atoms with Crippen LogP contribution in [0.5, 0.6) is 0 Å². The molecule has 1 aliphatic carbocycles. The number of nitrogens with one attached hydrogen (secondary N) is 1. The average Bonchev–Trinajstić information content (AvgIpc) is 3.28. The third-order valence-corrected chi connectivity index (χ3v) is 7.38. The van der Waals surface area contributed by atoms with E-state index in [1.807, 2.05) is 32.0 Å². The molecule has 1 N–H and O–H groups in total. The molecule has 1 atom stereocenters. The smallest absolute Gasteiger partial charge is 0.318 e. The number of hydrogen-bond donors (Lipinski definition) is 1. The Morgan fingerprint density at radius 2 is 2.00 bits per heavy atom. The van der Waals surface area contributed by atoms with Crippen LogP contribution in [-0.4, -0.2) is 53.7 Å². The fourth-order valence-electron chi connectivity index (χ4n) is 4.07. The van der Waals surface area contributed by atoms with Crippen LogP contribution in [0.2, 0.25) is 0 Å². The highest BCUT2D eigenvalue weighted by Gasteiger charge is 2.35. The van der Waals surface area contributed by atoms with Gasteiger partial charge in [-0.15, -0.1) is 0 Å². The minimum absolute atomic E-state index is 0.0300. The summed E-state index contributed by atoms with van der Waals surface area (Å²) >= 11 is 0. The van der Waals surface area contributed by atoms with E-state index < -0.39 is 9.84 Å². The van der Waals surface area contributed by atoms with Gasteiger partial charge < -0.3 is 19.5 Å². The van der Waals surface area contributed by atoms with Crippen LogP contribution < -0.4 is 5.32 Å². The zero-order valence-electron chi connectivity index (χ0n) is 18.7. The Bertz CT molecular complexity index is 1030. The molecule has 9 heteroatoms. The molecule has 1 unspecified atom stereocenters. The van der Waals surface area contributed by atoms with Crippen LogP contribution in [0.25, 0.3) is 0 Å². The van der Waals surface area contributed by atoms with Gasteiger partial charge >= 0.3 is 6.03 Å². The number of hydrogen-bond acceptors (Lipinski definition) is 5. The number of carbonyl (C=O) groups excluding carboxylic acids is 1. The summed E-state index contributed by atoms with van der Waals surface area (Å²) in [6.07, 6.45) is 5.33. The Labute approximate surface area is 189 Å². The molecule has 2 heterocycles. The lowest BCUT2D eigenvalue weighted by atomic mass is 10.2. The van der Waals surface area contributed by atoms with E-state index in [-0.39, 0.29) is 35.1 Å². The lowest BCUT2D eigenvalue weighted by molar-refractivity contribution is 0.0934. The molecular formula is C23H32N4O4S. The number of aromatic nitrogens is 2. The van der Waals surface area contributed by atoms with Crippen LogP contribution in [0, 0.1) is 0 Å². The van der Waals surface area contributed by atoms with Crippen LogP contribution in [0.4, 0.5) is 4.79 Å². The van der Waals surface area contributed by atoms with Crippen molar-refractivity contribution in [1.82, 2.24) is 19.8 Å². The molecule has 2 aromatic rings. The number of sulfone groups is 1. The SMILES string of the molecule is CC(C)NC(=O)N(Cc1cnc(S(=O)(=O)Cc2ccccc2)n1CC1CCCO1)C1CC1. The molecule has 1 aliphatic heterocycles. The molecule has 174 valence electrons. The van der Waals surface area contributed by atoms with Crippen molar-refractivity contribution < 1.29 is 17.9 Å². The maximum Gasteiger partial charge on any atom is 0.318 e. The van der Waals surface area contributed by atoms with E-state index >= 15 is 0 Å². The van der Waals surface area contributed by atoms with Crippen LogP contribution in [-0.2, 0) is 33.4 Å². The second-order valence-electron chi connectivity index (χ2n) is 8.99. The highest BCUT2D eigenvalue weighted by Crippen LogP contribution is 2.30. The maximum atomic E-state index is 13.3. The third kappa shape index (κ3) is 5.50. The predicted octanol–water partition coefficient (Wildman–Crippen LogP) is 3.12. The first kappa shape index (κ1) is 22.8. The van der Waals surface area contributed by atoms with Gasteiger partial charge in [0.2, 0.25) is 15.0 Å². The Morgan fingerprint density at radius 1 is 1.25 bits per heavy atom. The number of rotatable bonds is 9. The highest BCUT2D eigenvalue weighted by molar-refractivity contribution is 7.90. The Kier molecular flexibility index (Phi) is 6.85. The molecule has 1 saturated heterocycles. The summed E-state index contributed by atoms with van der Waals surface area (Å²) in [5.41, 5.74) is 1.44. The summed E-state index contributed by atoms with van der Waals surface area (Å²) in [4.78, 5) is 18.9. The number of ether oxygens (including phenoxy) is 1. The second-order valence-corrected chi connectivity index (χ2v) is 10.9. The van der Waals surface area contributed by atoms with Crippen molar-refractivity contribution >= 4 is 15.9 Å². The molecule has 32 heavy (non-hydrogen) atoms. The average molecular weight is 461 g/mol. The number of carbonyl (C=O) groups is 1. The fraction of sp³-hybridized carbons (Fsp3) is 0.565. The predicted molar refractivity (Wildman–Crippen MR) is 121 cm³/mol. The summed E-state index contributed by atoms with van der Waals surface area (Å²) in [7, 11) is -3.67. The number of urea groups is 1. The van der Waals surface area contributed by atoms with Gasteiger partial charge in [0.15, 0.2) is 0 Å². The van der Waals surface area contributed by atoms with E-state index in [0.29, 0.717) is 19.7 Å². The minimum atomic E-state index is -3.67. The van der Waals surface area contributed by atoms with Crippen molar-refractivity contribution in [1.29, 1.82) is 0 Å². The molecule has 2 amide bonds. The van der Waals surface area contributed by atoms with E-state index in [0.717, 1.165) is 36.9 Å². The maximum absolute atomic E-state index is 13.3. The highest BCUT2D eigenvalue weighted by atomic mass is 32.2. The number of nitrogens with zero attached hydrogens (tertiary/aromatic N) is 3. The van der Waals surface area contributed by atoms with E-state index in [2.05, 4.69) is 10.3 Å². The number of amides is 2. The van der Waals surface area contributed by atoms with E-state index in [9.17, 15) is 13.2 Å². The van der Waals surface area contributed by atoms with Gasteiger partial charge in [-0.1, -0.05) is 30.3 Å². The zero-order valence-corrected chi connectivity index (χ0v) is 19.6. The van der Waals surface area contributed by atoms with Gasteiger partial charge in [-0.25, -0.2) is 18.2 Å². The van der Waals surface area contributed by atoms with Crippen molar-refractivity contribution in [2.24, 2.45) is 0 Å². The van der Waals surface area contributed by atoms with Crippen molar-refractivity contribution in [3.8, 4) is 0 Å². The number of imidazole rings is 1. The second kappa shape index (κ2) is 9.62. The lowest BCUT2D eigenvalue weighted by Gasteiger charge is -2.25. The molecule has 1 aromatic carbocycles. The van der Waals surface area contributed by atoms with Gasteiger partial charge in [0.25, 0.3) is 0 Å². The van der Waals surface area contributed by atoms with Crippen molar-refractivity contribution in [2.75, 3.05) is 6.61 Å². The lowest BCUT2D eigenvalue weighted by Crippen LogP contribution is -2.44. The summed E-state index contributed by atoms with van der Waals surface area (Å²) in [6, 6.07) is 9.22. The molecule has 4 rings (SSSR count). The van der Waals surface area contributed by atoms with Gasteiger partial charge in [-0.2, -0.15) is 0 Å². The van der Waals surface area contributed by atoms with Gasteiger partial charge in [-0.3, -0.25) is 0 Å². The van der Waals surface area contributed by atoms with Crippen LogP contribution in [0.15, 0.2) is 41.7 Å². The molecule has 0 bridgehead atoms. The molecule has 1 saturated carbocycles. The number of benzene rings is 1. The molecule has 0 radical (unpaired) electrons. The molecule has 0 spiro atoms. The first-order valence-corrected chi connectivity index (χ1v) is 13.0. The summed E-state index contributed by atoms with van der Waals surface area (Å²) in [6.45, 7) is 5.29. The quantitative estimate of drug-likeness (QED) is 0.621.